The minimum absolute atomic E-state index is 0.00259. The van der Waals surface area contributed by atoms with E-state index in [0.29, 0.717) is 24.5 Å². The number of rotatable bonds is 5. The zero-order valence-electron chi connectivity index (χ0n) is 14.7. The van der Waals surface area contributed by atoms with Gasteiger partial charge in [-0.15, -0.1) is 10.2 Å². The molecule has 1 aliphatic heterocycles. The van der Waals surface area contributed by atoms with Crippen LogP contribution in [-0.2, 0) is 0 Å². The summed E-state index contributed by atoms with van der Waals surface area (Å²) in [5, 5.41) is 8.18. The maximum absolute atomic E-state index is 12.6. The maximum atomic E-state index is 12.6. The Balaban J connectivity index is 1.58. The van der Waals surface area contributed by atoms with Crippen LogP contribution in [0.2, 0.25) is 0 Å². The molecule has 132 valence electrons. The number of methoxy groups -OCH3 is 1. The van der Waals surface area contributed by atoms with Gasteiger partial charge in [0, 0.05) is 38.7 Å². The molecule has 0 spiro atoms. The highest BCUT2D eigenvalue weighted by atomic mass is 16.5. The molecule has 0 unspecified atom stereocenters. The lowest BCUT2D eigenvalue weighted by Gasteiger charge is -2.17. The SMILES string of the molecule is COc1ccc(C(=O)N2CC[C@@H](Oc3ccc(N(C)C)nn3)C2)cc1. The highest BCUT2D eigenvalue weighted by Crippen LogP contribution is 2.20. The van der Waals surface area contributed by atoms with E-state index in [1.165, 1.54) is 0 Å². The summed E-state index contributed by atoms with van der Waals surface area (Å²) in [6, 6.07) is 10.8. The van der Waals surface area contributed by atoms with Crippen LogP contribution in [0.3, 0.4) is 0 Å². The minimum atomic E-state index is -0.0679. The van der Waals surface area contributed by atoms with Crippen LogP contribution in [0, 0.1) is 0 Å². The topological polar surface area (TPSA) is 67.8 Å². The van der Waals surface area contributed by atoms with Crippen molar-refractivity contribution >= 4 is 11.7 Å². The Morgan fingerprint density at radius 2 is 1.92 bits per heavy atom. The Bertz CT molecular complexity index is 716. The number of amides is 1. The smallest absolute Gasteiger partial charge is 0.253 e. The second kappa shape index (κ2) is 7.38. The Hall–Kier alpha value is -2.83. The summed E-state index contributed by atoms with van der Waals surface area (Å²) < 4.78 is 11.0. The van der Waals surface area contributed by atoms with Gasteiger partial charge in [-0.25, -0.2) is 0 Å². The van der Waals surface area contributed by atoms with Crippen molar-refractivity contribution in [2.24, 2.45) is 0 Å². The molecular formula is C18H22N4O3. The summed E-state index contributed by atoms with van der Waals surface area (Å²) in [6.07, 6.45) is 0.709. The summed E-state index contributed by atoms with van der Waals surface area (Å²) in [5.74, 6) is 1.99. The van der Waals surface area contributed by atoms with Gasteiger partial charge >= 0.3 is 0 Å². The molecule has 1 amide bonds. The lowest BCUT2D eigenvalue weighted by atomic mass is 10.2. The molecule has 7 heteroatoms. The number of carbonyl (C=O) groups excluding carboxylic acids is 1. The highest BCUT2D eigenvalue weighted by molar-refractivity contribution is 5.94. The first-order chi connectivity index (χ1) is 12.1. The molecule has 0 saturated carbocycles. The van der Waals surface area contributed by atoms with Crippen molar-refractivity contribution in [3.8, 4) is 11.6 Å². The number of hydrogen-bond acceptors (Lipinski definition) is 6. The van der Waals surface area contributed by atoms with Gasteiger partial charge in [0.1, 0.15) is 11.9 Å². The number of anilines is 1. The van der Waals surface area contributed by atoms with Crippen LogP contribution in [0.5, 0.6) is 11.6 Å². The van der Waals surface area contributed by atoms with E-state index in [-0.39, 0.29) is 12.0 Å². The van der Waals surface area contributed by atoms with Crippen molar-refractivity contribution in [3.63, 3.8) is 0 Å². The molecule has 25 heavy (non-hydrogen) atoms. The lowest BCUT2D eigenvalue weighted by molar-refractivity contribution is 0.0771. The van der Waals surface area contributed by atoms with Crippen LogP contribution in [0.4, 0.5) is 5.82 Å². The Labute approximate surface area is 147 Å². The second-order valence-electron chi connectivity index (χ2n) is 6.13. The van der Waals surface area contributed by atoms with Gasteiger partial charge in [0.25, 0.3) is 5.91 Å². The van der Waals surface area contributed by atoms with E-state index in [9.17, 15) is 4.79 Å². The average molecular weight is 342 g/mol. The summed E-state index contributed by atoms with van der Waals surface area (Å²) in [5.41, 5.74) is 0.650. The van der Waals surface area contributed by atoms with E-state index in [2.05, 4.69) is 10.2 Å². The fourth-order valence-electron chi connectivity index (χ4n) is 2.71. The molecule has 2 aromatic rings. The van der Waals surface area contributed by atoms with Gasteiger partial charge in [0.05, 0.1) is 13.7 Å². The Morgan fingerprint density at radius 3 is 2.52 bits per heavy atom. The van der Waals surface area contributed by atoms with Gasteiger partial charge in [-0.3, -0.25) is 4.79 Å². The fraction of sp³-hybridized carbons (Fsp3) is 0.389. The van der Waals surface area contributed by atoms with Gasteiger partial charge in [-0.1, -0.05) is 0 Å². The van der Waals surface area contributed by atoms with E-state index >= 15 is 0 Å². The number of likely N-dealkylation sites (tertiary alicyclic amines) is 1. The number of ether oxygens (including phenoxy) is 2. The molecule has 0 aliphatic carbocycles. The van der Waals surface area contributed by atoms with Crippen LogP contribution in [0.15, 0.2) is 36.4 Å². The zero-order chi connectivity index (χ0) is 17.8. The first kappa shape index (κ1) is 17.0. The van der Waals surface area contributed by atoms with Crippen molar-refractivity contribution in [1.29, 1.82) is 0 Å². The highest BCUT2D eigenvalue weighted by Gasteiger charge is 2.28. The molecule has 1 aromatic heterocycles. The summed E-state index contributed by atoms with van der Waals surface area (Å²) in [7, 11) is 5.42. The maximum Gasteiger partial charge on any atom is 0.253 e. The first-order valence-electron chi connectivity index (χ1n) is 8.18. The van der Waals surface area contributed by atoms with Crippen LogP contribution in [-0.4, -0.2) is 61.4 Å². The molecule has 1 aromatic carbocycles. The van der Waals surface area contributed by atoms with E-state index in [4.69, 9.17) is 9.47 Å². The number of benzene rings is 1. The Morgan fingerprint density at radius 1 is 1.16 bits per heavy atom. The van der Waals surface area contributed by atoms with E-state index < -0.39 is 0 Å². The number of aromatic nitrogens is 2. The summed E-state index contributed by atoms with van der Waals surface area (Å²) in [4.78, 5) is 16.2. The van der Waals surface area contributed by atoms with E-state index in [1.807, 2.05) is 25.1 Å². The molecular weight excluding hydrogens is 320 g/mol. The predicted octanol–water partition coefficient (Wildman–Crippen LogP) is 1.84. The normalized spacial score (nSPS) is 16.6. The van der Waals surface area contributed by atoms with Crippen molar-refractivity contribution in [2.75, 3.05) is 39.2 Å². The molecule has 0 bridgehead atoms. The molecule has 0 radical (unpaired) electrons. The number of carbonyl (C=O) groups is 1. The van der Waals surface area contributed by atoms with Crippen LogP contribution in [0.25, 0.3) is 0 Å². The first-order valence-corrected chi connectivity index (χ1v) is 8.18. The quantitative estimate of drug-likeness (QED) is 0.826. The van der Waals surface area contributed by atoms with Gasteiger partial charge < -0.3 is 19.3 Å². The van der Waals surface area contributed by atoms with Crippen molar-refractivity contribution in [1.82, 2.24) is 15.1 Å². The van der Waals surface area contributed by atoms with Crippen molar-refractivity contribution in [3.05, 3.63) is 42.0 Å². The van der Waals surface area contributed by atoms with Gasteiger partial charge in [-0.05, 0) is 30.3 Å². The number of nitrogens with zero attached hydrogens (tertiary/aromatic N) is 4. The summed E-state index contributed by atoms with van der Waals surface area (Å²) in [6.45, 7) is 1.21. The molecule has 2 heterocycles. The van der Waals surface area contributed by atoms with Gasteiger partial charge in [0.2, 0.25) is 5.88 Å². The third-order valence-electron chi connectivity index (χ3n) is 4.14. The van der Waals surface area contributed by atoms with E-state index in [0.717, 1.165) is 18.0 Å². The molecule has 1 aliphatic rings. The average Bonchev–Trinajstić information content (AvgIpc) is 3.10. The third kappa shape index (κ3) is 3.99. The van der Waals surface area contributed by atoms with Crippen LogP contribution >= 0.6 is 0 Å². The molecule has 1 atom stereocenters. The van der Waals surface area contributed by atoms with Crippen molar-refractivity contribution in [2.45, 2.75) is 12.5 Å². The van der Waals surface area contributed by atoms with Gasteiger partial charge in [-0.2, -0.15) is 0 Å². The molecule has 1 saturated heterocycles. The fourth-order valence-corrected chi connectivity index (χ4v) is 2.71. The van der Waals surface area contributed by atoms with Crippen LogP contribution < -0.4 is 14.4 Å². The Kier molecular flexibility index (Phi) is 5.02. The van der Waals surface area contributed by atoms with Gasteiger partial charge in [0.15, 0.2) is 5.82 Å². The van der Waals surface area contributed by atoms with Crippen molar-refractivity contribution < 1.29 is 14.3 Å². The molecule has 7 nitrogen and oxygen atoms in total. The van der Waals surface area contributed by atoms with E-state index in [1.54, 1.807) is 42.3 Å². The summed E-state index contributed by atoms with van der Waals surface area (Å²) >= 11 is 0. The monoisotopic (exact) mass is 342 g/mol. The molecule has 3 rings (SSSR count). The van der Waals surface area contributed by atoms with Crippen LogP contribution in [0.1, 0.15) is 16.8 Å². The third-order valence-corrected chi connectivity index (χ3v) is 4.14. The minimum Gasteiger partial charge on any atom is -0.497 e. The lowest BCUT2D eigenvalue weighted by Crippen LogP contribution is -2.31. The predicted molar refractivity (Wildman–Crippen MR) is 94.3 cm³/mol. The number of hydrogen-bond donors (Lipinski definition) is 0. The molecule has 1 fully saturated rings. The standard InChI is InChI=1S/C18H22N4O3/c1-21(2)16-8-9-17(20-19-16)25-15-10-11-22(12-15)18(23)13-4-6-14(24-3)7-5-13/h4-9,15H,10-12H2,1-3H3/t15-/m1/s1. The molecule has 0 N–H and O–H groups in total. The second-order valence-corrected chi connectivity index (χ2v) is 6.13. The largest absolute Gasteiger partial charge is 0.497 e. The zero-order valence-corrected chi connectivity index (χ0v) is 14.7.